The van der Waals surface area contributed by atoms with Gasteiger partial charge in [-0.1, -0.05) is 18.5 Å². The normalized spacial score (nSPS) is 13.2. The van der Waals surface area contributed by atoms with Gasteiger partial charge in [-0.3, -0.25) is 4.79 Å². The van der Waals surface area contributed by atoms with Crippen LogP contribution >= 0.6 is 24.0 Å². The average Bonchev–Trinajstić information content (AvgIpc) is 2.32. The first-order chi connectivity index (χ1) is 8.36. The van der Waals surface area contributed by atoms with Crippen LogP contribution < -0.4 is 15.8 Å². The van der Waals surface area contributed by atoms with Gasteiger partial charge in [0.25, 0.3) is 0 Å². The summed E-state index contributed by atoms with van der Waals surface area (Å²) in [6, 6.07) is 3.26. The molecule has 0 aromatic heterocycles. The number of anilines is 1. The fourth-order valence-corrected chi connectivity index (χ4v) is 1.57. The van der Waals surface area contributed by atoms with E-state index in [1.54, 1.807) is 26.0 Å². The standard InChI is InChI=1S/C13H19ClN2O2.ClH/c1-7-5-11(12(18-4)6-10(7)14)16-13(17)8(2)9(3)15;/h5-6,8-9H,15H2,1-4H3,(H,16,17);1H. The molecule has 0 spiro atoms. The summed E-state index contributed by atoms with van der Waals surface area (Å²) in [5, 5.41) is 3.41. The molecule has 4 nitrogen and oxygen atoms in total. The van der Waals surface area contributed by atoms with Crippen LogP contribution in [0.5, 0.6) is 5.75 Å². The van der Waals surface area contributed by atoms with Gasteiger partial charge in [0, 0.05) is 17.1 Å². The Kier molecular flexibility index (Phi) is 7.19. The van der Waals surface area contributed by atoms with Crippen LogP contribution in [0.2, 0.25) is 5.02 Å². The number of nitrogens with one attached hydrogen (secondary N) is 1. The van der Waals surface area contributed by atoms with Gasteiger partial charge < -0.3 is 15.8 Å². The van der Waals surface area contributed by atoms with Crippen LogP contribution in [0.1, 0.15) is 19.4 Å². The zero-order valence-corrected chi connectivity index (χ0v) is 13.1. The number of carbonyl (C=O) groups excluding carboxylic acids is 1. The Balaban J connectivity index is 0.00000324. The lowest BCUT2D eigenvalue weighted by Crippen LogP contribution is -2.34. The molecule has 0 fully saturated rings. The van der Waals surface area contributed by atoms with Crippen LogP contribution in [0.3, 0.4) is 0 Å². The first kappa shape index (κ1) is 18.0. The number of nitrogens with two attached hydrogens (primary N) is 1. The van der Waals surface area contributed by atoms with Crippen molar-refractivity contribution < 1.29 is 9.53 Å². The van der Waals surface area contributed by atoms with Crippen molar-refractivity contribution in [2.75, 3.05) is 12.4 Å². The Hall–Kier alpha value is -0.970. The third-order valence-corrected chi connectivity index (χ3v) is 3.35. The topological polar surface area (TPSA) is 64.3 Å². The molecule has 2 atom stereocenters. The molecule has 6 heteroatoms. The van der Waals surface area contributed by atoms with Crippen molar-refractivity contribution in [1.82, 2.24) is 0 Å². The van der Waals surface area contributed by atoms with Gasteiger partial charge in [0.15, 0.2) is 0 Å². The van der Waals surface area contributed by atoms with Gasteiger partial charge in [-0.2, -0.15) is 0 Å². The monoisotopic (exact) mass is 306 g/mol. The zero-order chi connectivity index (χ0) is 13.9. The van der Waals surface area contributed by atoms with E-state index >= 15 is 0 Å². The molecule has 2 unspecified atom stereocenters. The van der Waals surface area contributed by atoms with Crippen molar-refractivity contribution in [3.05, 3.63) is 22.7 Å². The second-order valence-corrected chi connectivity index (χ2v) is 4.85. The average molecular weight is 307 g/mol. The summed E-state index contributed by atoms with van der Waals surface area (Å²) in [5.41, 5.74) is 7.19. The van der Waals surface area contributed by atoms with E-state index in [0.29, 0.717) is 16.5 Å². The lowest BCUT2D eigenvalue weighted by Gasteiger charge is -2.17. The van der Waals surface area contributed by atoms with Gasteiger partial charge in [-0.05, 0) is 25.5 Å². The highest BCUT2D eigenvalue weighted by Crippen LogP contribution is 2.31. The highest BCUT2D eigenvalue weighted by atomic mass is 35.5. The molecule has 0 radical (unpaired) electrons. The summed E-state index contributed by atoms with van der Waals surface area (Å²) in [4.78, 5) is 11.9. The molecule has 1 aromatic carbocycles. The number of carbonyl (C=O) groups is 1. The Labute approximate surface area is 125 Å². The molecule has 0 heterocycles. The molecule has 108 valence electrons. The van der Waals surface area contributed by atoms with Crippen molar-refractivity contribution in [3.8, 4) is 5.75 Å². The zero-order valence-electron chi connectivity index (χ0n) is 11.5. The summed E-state index contributed by atoms with van der Waals surface area (Å²) in [7, 11) is 1.53. The van der Waals surface area contributed by atoms with E-state index in [9.17, 15) is 4.79 Å². The minimum Gasteiger partial charge on any atom is -0.495 e. The molecule has 1 rings (SSSR count). The summed E-state index contributed by atoms with van der Waals surface area (Å²) >= 11 is 6.00. The van der Waals surface area contributed by atoms with E-state index in [-0.39, 0.29) is 30.3 Å². The Morgan fingerprint density at radius 3 is 2.47 bits per heavy atom. The molecule has 0 saturated carbocycles. The molecular weight excluding hydrogens is 287 g/mol. The SMILES string of the molecule is COc1cc(Cl)c(C)cc1NC(=O)C(C)C(C)N.Cl. The number of methoxy groups -OCH3 is 1. The molecule has 3 N–H and O–H groups in total. The molecule has 1 amide bonds. The van der Waals surface area contributed by atoms with Crippen LogP contribution in [-0.4, -0.2) is 19.1 Å². The quantitative estimate of drug-likeness (QED) is 0.898. The molecule has 0 bridgehead atoms. The molecule has 0 aliphatic heterocycles. The smallest absolute Gasteiger partial charge is 0.228 e. The van der Waals surface area contributed by atoms with Gasteiger partial charge in [0.05, 0.1) is 18.7 Å². The van der Waals surface area contributed by atoms with E-state index in [0.717, 1.165) is 5.56 Å². The van der Waals surface area contributed by atoms with Gasteiger partial charge in [-0.25, -0.2) is 0 Å². The van der Waals surface area contributed by atoms with Gasteiger partial charge in [0.1, 0.15) is 5.75 Å². The lowest BCUT2D eigenvalue weighted by molar-refractivity contribution is -0.119. The summed E-state index contributed by atoms with van der Waals surface area (Å²) in [6.07, 6.45) is 0. The van der Waals surface area contributed by atoms with E-state index in [1.165, 1.54) is 7.11 Å². The van der Waals surface area contributed by atoms with E-state index in [2.05, 4.69) is 5.32 Å². The van der Waals surface area contributed by atoms with Gasteiger partial charge in [0.2, 0.25) is 5.91 Å². The third kappa shape index (κ3) is 4.56. The van der Waals surface area contributed by atoms with Crippen molar-refractivity contribution in [2.24, 2.45) is 11.7 Å². The minimum absolute atomic E-state index is 0. The summed E-state index contributed by atoms with van der Waals surface area (Å²) in [5.74, 6) is 0.131. The fraction of sp³-hybridized carbons (Fsp3) is 0.462. The molecule has 19 heavy (non-hydrogen) atoms. The van der Waals surface area contributed by atoms with Crippen LogP contribution in [0, 0.1) is 12.8 Å². The van der Waals surface area contributed by atoms with Gasteiger partial charge >= 0.3 is 0 Å². The number of benzene rings is 1. The maximum Gasteiger partial charge on any atom is 0.228 e. The highest BCUT2D eigenvalue weighted by Gasteiger charge is 2.18. The molecule has 1 aromatic rings. The number of rotatable bonds is 4. The fourth-order valence-electron chi connectivity index (χ4n) is 1.42. The number of halogens is 2. The Morgan fingerprint density at radius 1 is 1.42 bits per heavy atom. The minimum atomic E-state index is -0.273. The van der Waals surface area contributed by atoms with E-state index in [1.807, 2.05) is 6.92 Å². The van der Waals surface area contributed by atoms with Gasteiger partial charge in [-0.15, -0.1) is 12.4 Å². The van der Waals surface area contributed by atoms with Crippen LogP contribution in [0.4, 0.5) is 5.69 Å². The maximum absolute atomic E-state index is 11.9. The highest BCUT2D eigenvalue weighted by molar-refractivity contribution is 6.31. The first-order valence-electron chi connectivity index (χ1n) is 5.77. The molecule has 0 aliphatic carbocycles. The van der Waals surface area contributed by atoms with Crippen LogP contribution in [0.25, 0.3) is 0 Å². The Bertz CT molecular complexity index is 451. The van der Waals surface area contributed by atoms with E-state index in [4.69, 9.17) is 22.1 Å². The van der Waals surface area contributed by atoms with Crippen LogP contribution in [0.15, 0.2) is 12.1 Å². The predicted octanol–water partition coefficient (Wildman–Crippen LogP) is 3.00. The molecule has 0 aliphatic rings. The lowest BCUT2D eigenvalue weighted by atomic mass is 10.0. The number of hydrogen-bond donors (Lipinski definition) is 2. The van der Waals surface area contributed by atoms with Crippen molar-refractivity contribution in [2.45, 2.75) is 26.8 Å². The predicted molar refractivity (Wildman–Crippen MR) is 81.4 cm³/mol. The summed E-state index contributed by atoms with van der Waals surface area (Å²) < 4.78 is 5.19. The largest absolute Gasteiger partial charge is 0.495 e. The summed E-state index contributed by atoms with van der Waals surface area (Å²) in [6.45, 7) is 5.45. The Morgan fingerprint density at radius 2 is 2.00 bits per heavy atom. The second-order valence-electron chi connectivity index (χ2n) is 4.44. The second kappa shape index (κ2) is 7.58. The maximum atomic E-state index is 11.9. The van der Waals surface area contributed by atoms with Crippen LogP contribution in [-0.2, 0) is 4.79 Å². The van der Waals surface area contributed by atoms with E-state index < -0.39 is 0 Å². The number of amides is 1. The third-order valence-electron chi connectivity index (χ3n) is 2.94. The van der Waals surface area contributed by atoms with Crippen molar-refractivity contribution in [3.63, 3.8) is 0 Å². The number of ether oxygens (including phenoxy) is 1. The van der Waals surface area contributed by atoms with Crippen molar-refractivity contribution >= 4 is 35.6 Å². The van der Waals surface area contributed by atoms with Crippen molar-refractivity contribution in [1.29, 1.82) is 0 Å². The molecule has 0 saturated heterocycles. The number of aryl methyl sites for hydroxylation is 1. The number of hydrogen-bond acceptors (Lipinski definition) is 3. The first-order valence-corrected chi connectivity index (χ1v) is 6.15. The molecular formula is C13H20Cl2N2O2.